The van der Waals surface area contributed by atoms with Crippen LogP contribution in [0.3, 0.4) is 0 Å². The normalized spacial score (nSPS) is 28.1. The largest absolute Gasteiger partial charge is 0.456 e. The molecule has 11 atom stereocenters. The molecule has 2 N–H and O–H groups in total. The van der Waals surface area contributed by atoms with Gasteiger partial charge in [0, 0.05) is 43.1 Å². The van der Waals surface area contributed by atoms with Crippen LogP contribution in [0.15, 0.2) is 121 Å². The molecule has 0 radical (unpaired) electrons. The number of imidazole rings is 1. The van der Waals surface area contributed by atoms with Crippen molar-refractivity contribution in [3.05, 3.63) is 138 Å². The van der Waals surface area contributed by atoms with Gasteiger partial charge in [0.05, 0.1) is 35.6 Å². The maximum absolute atomic E-state index is 17.0. The molecule has 1 amide bonds. The summed E-state index contributed by atoms with van der Waals surface area (Å²) in [6, 6.07) is 26.6. The number of ether oxygens (including phenoxy) is 5. The van der Waals surface area contributed by atoms with Crippen molar-refractivity contribution in [2.75, 3.05) is 6.61 Å². The van der Waals surface area contributed by atoms with E-state index in [1.54, 1.807) is 113 Å². The van der Waals surface area contributed by atoms with Gasteiger partial charge in [0.2, 0.25) is 0 Å². The first-order valence-electron chi connectivity index (χ1n) is 27.9. The zero-order valence-corrected chi connectivity index (χ0v) is 50.4. The highest BCUT2D eigenvalue weighted by Gasteiger charge is 2.79. The number of aliphatic hydroxyl groups is 1. The van der Waals surface area contributed by atoms with Crippen LogP contribution in [0, 0.1) is 16.7 Å². The second kappa shape index (κ2) is 22.7. The molecule has 1 unspecified atom stereocenters. The number of carbonyl (C=O) groups is 6. The maximum Gasteiger partial charge on any atom is 0.420 e. The number of Topliss-reactive ketones (excluding diaryl/α,β-unsaturated/α-hetero) is 1. The highest BCUT2D eigenvalue weighted by Crippen LogP contribution is 2.65. The van der Waals surface area contributed by atoms with Gasteiger partial charge in [-0.25, -0.2) is 23.9 Å². The van der Waals surface area contributed by atoms with Crippen LogP contribution in [0.25, 0.3) is 0 Å². The van der Waals surface area contributed by atoms with Crippen molar-refractivity contribution in [2.45, 2.75) is 179 Å². The molecular weight excluding hydrogens is 1050 g/mol. The fourth-order valence-electron chi connectivity index (χ4n) is 12.6. The van der Waals surface area contributed by atoms with Crippen LogP contribution in [0.4, 0.5) is 4.79 Å². The van der Waals surface area contributed by atoms with Gasteiger partial charge in [-0.3, -0.25) is 14.4 Å². The van der Waals surface area contributed by atoms with Crippen molar-refractivity contribution >= 4 is 52.3 Å². The predicted molar refractivity (Wildman–Crippen MR) is 302 cm³/mol. The van der Waals surface area contributed by atoms with Gasteiger partial charge in [0.25, 0.3) is 5.91 Å². The number of hydrogen-bond acceptors (Lipinski definition) is 15. The van der Waals surface area contributed by atoms with Gasteiger partial charge in [-0.1, -0.05) is 122 Å². The van der Waals surface area contributed by atoms with E-state index in [0.29, 0.717) is 29.3 Å². The molecule has 3 fully saturated rings. The summed E-state index contributed by atoms with van der Waals surface area (Å²) in [4.78, 5) is 94.5. The number of nitrogens with zero attached hydrogens (tertiary/aromatic N) is 2. The summed E-state index contributed by atoms with van der Waals surface area (Å²) in [5.74, 6) is -5.13. The molecule has 0 spiro atoms. The quantitative estimate of drug-likeness (QED) is 0.0435. The van der Waals surface area contributed by atoms with Crippen molar-refractivity contribution in [3.8, 4) is 0 Å². The first-order chi connectivity index (χ1) is 37.6. The average molecular weight is 1130 g/mol. The highest BCUT2D eigenvalue weighted by molar-refractivity contribution is 6.74. The Morgan fingerprint density at radius 1 is 0.863 bits per heavy atom. The molecule has 19 heteroatoms. The second-order valence-electron chi connectivity index (χ2n) is 24.3. The maximum atomic E-state index is 17.0. The molecule has 4 aliphatic rings. The Labute approximate surface area is 471 Å². The second-order valence-corrected chi connectivity index (χ2v) is 33.8. The van der Waals surface area contributed by atoms with E-state index in [9.17, 15) is 19.5 Å². The topological polar surface area (TPSA) is 217 Å². The molecule has 80 heavy (non-hydrogen) atoms. The van der Waals surface area contributed by atoms with Crippen LogP contribution in [-0.2, 0) is 46.9 Å². The number of benzene rings is 3. The Hall–Kier alpha value is -6.10. The minimum absolute atomic E-state index is 0.0569. The predicted octanol–water partition coefficient (Wildman–Crippen LogP) is 10.1. The summed E-state index contributed by atoms with van der Waals surface area (Å²) >= 11 is 0. The first-order valence-corrected chi connectivity index (χ1v) is 33.3. The number of ketones is 1. The van der Waals surface area contributed by atoms with Crippen LogP contribution < -0.4 is 5.32 Å². The molecule has 2 heterocycles. The number of esters is 3. The molecule has 1 saturated heterocycles. The van der Waals surface area contributed by atoms with Crippen LogP contribution in [-0.4, -0.2) is 121 Å². The van der Waals surface area contributed by atoms with Crippen LogP contribution in [0.1, 0.15) is 121 Å². The molecule has 3 aliphatic carbocycles. The lowest BCUT2D eigenvalue weighted by molar-refractivity contribution is -0.344. The molecule has 430 valence electrons. The minimum Gasteiger partial charge on any atom is -0.456 e. The summed E-state index contributed by atoms with van der Waals surface area (Å²) in [6.07, 6.45) is -5.93. The van der Waals surface area contributed by atoms with E-state index in [2.05, 4.69) is 31.1 Å². The zero-order valence-electron chi connectivity index (χ0n) is 48.4. The first kappa shape index (κ1) is 60.0. The number of nitrogens with one attached hydrogen (secondary N) is 1. The van der Waals surface area contributed by atoms with Crippen LogP contribution in [0.2, 0.25) is 36.3 Å². The summed E-state index contributed by atoms with van der Waals surface area (Å²) < 4.78 is 48.6. The van der Waals surface area contributed by atoms with Crippen molar-refractivity contribution in [1.82, 2.24) is 14.9 Å². The van der Waals surface area contributed by atoms with Crippen molar-refractivity contribution in [1.29, 1.82) is 0 Å². The highest BCUT2D eigenvalue weighted by atomic mass is 28.4. The Kier molecular flexibility index (Phi) is 17.0. The number of fused-ring (bicyclic) bond motifs is 5. The molecule has 4 aromatic rings. The van der Waals surface area contributed by atoms with E-state index in [4.69, 9.17) is 32.5 Å². The molecule has 17 nitrogen and oxygen atoms in total. The monoisotopic (exact) mass is 1130 g/mol. The number of rotatable bonds is 17. The Bertz CT molecular complexity index is 2950. The van der Waals surface area contributed by atoms with Crippen LogP contribution >= 0.6 is 0 Å². The number of amides is 1. The van der Waals surface area contributed by atoms with E-state index in [-0.39, 0.29) is 29.7 Å². The third-order valence-electron chi connectivity index (χ3n) is 18.6. The SMILES string of the molecule is CC[Si](CC)(CC)O[C@H]1CC2OC[C@@]2(OC(C)=O)[C@H]2[C@H](OC(=O)c3ccccc3)[C@]3(O)C[C@H](OC(=O)[C@H](O[Si](C)(C)C(C)(C)C)[C@@H](NC(=O)c4ccccc4)c4ccccc4)C(C)=C([C@@H](OC(=O)n4ccnc4)C(=O)[C@]12C)C3(C)C. The van der Waals surface area contributed by atoms with E-state index in [0.717, 1.165) is 4.57 Å². The summed E-state index contributed by atoms with van der Waals surface area (Å²) in [5, 5.41) is 17.2. The van der Waals surface area contributed by atoms with Gasteiger partial charge in [-0.15, -0.1) is 0 Å². The van der Waals surface area contributed by atoms with E-state index in [1.165, 1.54) is 25.6 Å². The molecule has 1 aromatic heterocycles. The smallest absolute Gasteiger partial charge is 0.420 e. The van der Waals surface area contributed by atoms with Gasteiger partial charge in [0.15, 0.2) is 40.2 Å². The molecule has 2 bridgehead atoms. The minimum atomic E-state index is -2.97. The van der Waals surface area contributed by atoms with Gasteiger partial charge in [-0.05, 0) is 91.1 Å². The lowest BCUT2D eigenvalue weighted by atomic mass is 9.44. The average Bonchev–Trinajstić information content (AvgIpc) is 2.22. The van der Waals surface area contributed by atoms with E-state index >= 15 is 14.4 Å². The van der Waals surface area contributed by atoms with Gasteiger partial charge in [-0.2, -0.15) is 0 Å². The zero-order chi connectivity index (χ0) is 58.4. The Morgan fingerprint density at radius 3 is 1.98 bits per heavy atom. The van der Waals surface area contributed by atoms with Gasteiger partial charge < -0.3 is 43.0 Å². The third-order valence-corrected chi connectivity index (χ3v) is 27.7. The van der Waals surface area contributed by atoms with Crippen LogP contribution in [0.5, 0.6) is 0 Å². The van der Waals surface area contributed by atoms with Crippen molar-refractivity contribution in [3.63, 3.8) is 0 Å². The third kappa shape index (κ3) is 10.7. The lowest BCUT2D eigenvalue weighted by Gasteiger charge is -2.68. The summed E-state index contributed by atoms with van der Waals surface area (Å²) in [5.41, 5.74) is -6.37. The Balaban J connectivity index is 1.39. The fourth-order valence-corrected chi connectivity index (χ4v) is 16.8. The fraction of sp³-hybridized carbons (Fsp3) is 0.525. The standard InChI is InChI=1S/C61H79N3O14Si2/c1-14-80(15-2,16-3)77-44-34-45-60(36-72-45,76-39(5)65)50-52(75-54(68)42-30-24-19-25-31-42)61(71)35-43(38(4)46(58(61,9)10)48(51(66)59(44,50)11)74-56(70)64-33-32-62-37-64)73-55(69)49(78-79(12,13)57(6,7)8)47(40-26-20-17-21-27-40)63-53(67)41-28-22-18-23-29-41/h17-33,37,43-45,47-50,52,71H,14-16,34-36H2,1-13H3,(H,63,67)/t43-,44-,45?,47-,48+,49+,50-,52-,59+,60-,61+/m0/s1. The Morgan fingerprint density at radius 2 is 1.45 bits per heavy atom. The summed E-state index contributed by atoms with van der Waals surface area (Å²) in [7, 11) is -5.68. The van der Waals surface area contributed by atoms with E-state index in [1.807, 2.05) is 39.9 Å². The molecule has 1 aliphatic heterocycles. The van der Waals surface area contributed by atoms with E-state index < -0.39 is 134 Å². The number of aromatic nitrogens is 2. The number of carbonyl (C=O) groups excluding carboxylic acids is 6. The van der Waals surface area contributed by atoms with Crippen molar-refractivity contribution in [2.24, 2.45) is 16.7 Å². The molecule has 3 aromatic carbocycles. The molecule has 2 saturated carbocycles. The molecule has 8 rings (SSSR count). The number of hydrogen-bond donors (Lipinski definition) is 2. The van der Waals surface area contributed by atoms with Gasteiger partial charge in [0.1, 0.15) is 30.2 Å². The van der Waals surface area contributed by atoms with Crippen molar-refractivity contribution < 1.29 is 66.4 Å². The summed E-state index contributed by atoms with van der Waals surface area (Å²) in [6.45, 7) is 23.8. The van der Waals surface area contributed by atoms with Gasteiger partial charge >= 0.3 is 24.0 Å². The molecular formula is C61H79N3O14Si2. The lowest BCUT2D eigenvalue weighted by Crippen LogP contribution is -2.82.